The summed E-state index contributed by atoms with van der Waals surface area (Å²) in [6, 6.07) is 4.90. The number of hydrogen-bond donors (Lipinski definition) is 0. The Morgan fingerprint density at radius 3 is 2.72 bits per heavy atom. The van der Waals surface area contributed by atoms with Crippen molar-refractivity contribution in [3.05, 3.63) is 21.9 Å². The van der Waals surface area contributed by atoms with E-state index in [0.717, 1.165) is 51.5 Å². The number of likely N-dealkylation sites (tertiary alicyclic amines) is 1. The Morgan fingerprint density at radius 2 is 1.92 bits per heavy atom. The van der Waals surface area contributed by atoms with Crippen molar-refractivity contribution in [1.82, 2.24) is 9.80 Å². The van der Waals surface area contributed by atoms with Gasteiger partial charge in [0, 0.05) is 48.4 Å². The molecule has 4 rings (SSSR count). The topological polar surface area (TPSA) is 32.8 Å². The number of hydrogen-bond acceptors (Lipinski definition) is 4. The monoisotopic (exact) mass is 362 g/mol. The van der Waals surface area contributed by atoms with E-state index in [1.807, 2.05) is 16.2 Å². The van der Waals surface area contributed by atoms with Crippen LogP contribution in [0.25, 0.3) is 0 Å². The van der Waals surface area contributed by atoms with Gasteiger partial charge in [0.1, 0.15) is 0 Å². The third kappa shape index (κ3) is 4.26. The quantitative estimate of drug-likeness (QED) is 0.802. The number of carbonyl (C=O) groups excluding carboxylic acids is 1. The summed E-state index contributed by atoms with van der Waals surface area (Å²) in [4.78, 5) is 20.1. The standard InChI is InChI=1S/C20H30N2O2S/c23-20(21-9-3-4-10-21)13-17-15-24-12-11-22(17)14-18-7-8-19(25-18)16-5-1-2-6-16/h7-8,16-17H,1-6,9-15H2/t17-/m0/s1. The van der Waals surface area contributed by atoms with Crippen molar-refractivity contribution in [3.8, 4) is 0 Å². The summed E-state index contributed by atoms with van der Waals surface area (Å²) in [5.41, 5.74) is 0. The van der Waals surface area contributed by atoms with Crippen LogP contribution in [-0.4, -0.2) is 54.6 Å². The maximum absolute atomic E-state index is 12.5. The maximum atomic E-state index is 12.5. The molecule has 0 bridgehead atoms. The van der Waals surface area contributed by atoms with Crippen molar-refractivity contribution in [2.45, 2.75) is 63.5 Å². The fourth-order valence-electron chi connectivity index (χ4n) is 4.49. The second kappa shape index (κ2) is 8.19. The van der Waals surface area contributed by atoms with Gasteiger partial charge in [-0.25, -0.2) is 0 Å². The number of rotatable bonds is 5. The smallest absolute Gasteiger partial charge is 0.224 e. The molecule has 1 aromatic rings. The number of ether oxygens (including phenoxy) is 1. The number of nitrogens with zero attached hydrogens (tertiary/aromatic N) is 2. The van der Waals surface area contributed by atoms with Crippen LogP contribution in [0.15, 0.2) is 12.1 Å². The molecule has 0 N–H and O–H groups in total. The third-order valence-corrected chi connectivity index (χ3v) is 7.25. The third-order valence-electron chi connectivity index (χ3n) is 6.02. The number of carbonyl (C=O) groups is 1. The Hall–Kier alpha value is -0.910. The first-order valence-corrected chi connectivity index (χ1v) is 10.8. The predicted molar refractivity (Wildman–Crippen MR) is 101 cm³/mol. The first-order valence-electron chi connectivity index (χ1n) is 9.98. The number of amides is 1. The van der Waals surface area contributed by atoms with E-state index in [1.54, 1.807) is 4.88 Å². The van der Waals surface area contributed by atoms with Gasteiger partial charge in [-0.05, 0) is 43.7 Å². The Kier molecular flexibility index (Phi) is 5.73. The maximum Gasteiger partial charge on any atom is 0.224 e. The highest BCUT2D eigenvalue weighted by molar-refractivity contribution is 7.12. The van der Waals surface area contributed by atoms with Gasteiger partial charge in [0.05, 0.1) is 13.2 Å². The highest BCUT2D eigenvalue weighted by Crippen LogP contribution is 2.38. The molecule has 1 atom stereocenters. The molecule has 0 aromatic carbocycles. The van der Waals surface area contributed by atoms with Gasteiger partial charge >= 0.3 is 0 Å². The zero-order valence-electron chi connectivity index (χ0n) is 15.1. The van der Waals surface area contributed by atoms with Gasteiger partial charge < -0.3 is 9.64 Å². The highest BCUT2D eigenvalue weighted by Gasteiger charge is 2.29. The minimum Gasteiger partial charge on any atom is -0.378 e. The van der Waals surface area contributed by atoms with Crippen LogP contribution in [0.5, 0.6) is 0 Å². The summed E-state index contributed by atoms with van der Waals surface area (Å²) in [6.07, 6.45) is 8.45. The molecule has 0 unspecified atom stereocenters. The summed E-state index contributed by atoms with van der Waals surface area (Å²) in [5, 5.41) is 0. The lowest BCUT2D eigenvalue weighted by Crippen LogP contribution is -2.47. The minimum absolute atomic E-state index is 0.235. The lowest BCUT2D eigenvalue weighted by molar-refractivity contribution is -0.133. The van der Waals surface area contributed by atoms with Crippen molar-refractivity contribution in [1.29, 1.82) is 0 Å². The molecule has 3 heterocycles. The number of morpholine rings is 1. The summed E-state index contributed by atoms with van der Waals surface area (Å²) in [7, 11) is 0. The van der Waals surface area contributed by atoms with Crippen LogP contribution in [0, 0.1) is 0 Å². The van der Waals surface area contributed by atoms with Gasteiger partial charge in [0.15, 0.2) is 0 Å². The van der Waals surface area contributed by atoms with Crippen molar-refractivity contribution in [2.75, 3.05) is 32.8 Å². The molecule has 25 heavy (non-hydrogen) atoms. The molecular formula is C20H30N2O2S. The van der Waals surface area contributed by atoms with E-state index >= 15 is 0 Å². The summed E-state index contributed by atoms with van der Waals surface area (Å²) in [6.45, 7) is 5.28. The fourth-order valence-corrected chi connectivity index (χ4v) is 5.70. The molecule has 2 saturated heterocycles. The fraction of sp³-hybridized carbons (Fsp3) is 0.750. The minimum atomic E-state index is 0.235. The second-order valence-electron chi connectivity index (χ2n) is 7.78. The van der Waals surface area contributed by atoms with E-state index in [0.29, 0.717) is 18.9 Å². The lowest BCUT2D eigenvalue weighted by Gasteiger charge is -2.35. The van der Waals surface area contributed by atoms with Crippen molar-refractivity contribution in [2.24, 2.45) is 0 Å². The molecule has 1 amide bonds. The van der Waals surface area contributed by atoms with Crippen LogP contribution in [0.4, 0.5) is 0 Å². The molecule has 3 aliphatic rings. The first-order chi connectivity index (χ1) is 12.3. The molecule has 0 radical (unpaired) electrons. The average Bonchev–Trinajstić information content (AvgIpc) is 3.38. The highest BCUT2D eigenvalue weighted by atomic mass is 32.1. The molecule has 2 aliphatic heterocycles. The van der Waals surface area contributed by atoms with Crippen LogP contribution in [-0.2, 0) is 16.1 Å². The first kappa shape index (κ1) is 17.5. The predicted octanol–water partition coefficient (Wildman–Crippen LogP) is 3.62. The molecule has 1 aromatic heterocycles. The lowest BCUT2D eigenvalue weighted by atomic mass is 10.1. The largest absolute Gasteiger partial charge is 0.378 e. The SMILES string of the molecule is O=C(C[C@H]1COCCN1Cc1ccc(C2CCCC2)s1)N1CCCC1. The van der Waals surface area contributed by atoms with E-state index in [2.05, 4.69) is 17.0 Å². The van der Waals surface area contributed by atoms with E-state index < -0.39 is 0 Å². The van der Waals surface area contributed by atoms with Gasteiger partial charge in [-0.15, -0.1) is 11.3 Å². The molecule has 0 spiro atoms. The molecular weight excluding hydrogens is 332 g/mol. The van der Waals surface area contributed by atoms with Crippen LogP contribution >= 0.6 is 11.3 Å². The van der Waals surface area contributed by atoms with Gasteiger partial charge in [0.2, 0.25) is 5.91 Å². The molecule has 1 saturated carbocycles. The normalized spacial score (nSPS) is 25.8. The van der Waals surface area contributed by atoms with E-state index in [1.165, 1.54) is 30.6 Å². The molecule has 4 nitrogen and oxygen atoms in total. The summed E-state index contributed by atoms with van der Waals surface area (Å²) >= 11 is 1.99. The Morgan fingerprint density at radius 1 is 1.12 bits per heavy atom. The summed E-state index contributed by atoms with van der Waals surface area (Å²) < 4.78 is 5.69. The van der Waals surface area contributed by atoms with Crippen molar-refractivity contribution < 1.29 is 9.53 Å². The van der Waals surface area contributed by atoms with E-state index in [4.69, 9.17) is 4.74 Å². The Balaban J connectivity index is 1.36. The van der Waals surface area contributed by atoms with Gasteiger partial charge in [-0.2, -0.15) is 0 Å². The van der Waals surface area contributed by atoms with Crippen LogP contribution in [0.3, 0.4) is 0 Å². The second-order valence-corrected chi connectivity index (χ2v) is 8.98. The molecule has 3 fully saturated rings. The Bertz CT molecular complexity index is 576. The Labute approximate surface area is 155 Å². The van der Waals surface area contributed by atoms with Crippen LogP contribution in [0.2, 0.25) is 0 Å². The van der Waals surface area contributed by atoms with Gasteiger partial charge in [-0.1, -0.05) is 12.8 Å². The van der Waals surface area contributed by atoms with E-state index in [9.17, 15) is 4.79 Å². The molecule has 5 heteroatoms. The number of thiophene rings is 1. The van der Waals surface area contributed by atoms with Crippen LogP contribution in [0.1, 0.15) is 60.6 Å². The van der Waals surface area contributed by atoms with Gasteiger partial charge in [-0.3, -0.25) is 9.69 Å². The van der Waals surface area contributed by atoms with Crippen molar-refractivity contribution in [3.63, 3.8) is 0 Å². The zero-order chi connectivity index (χ0) is 17.1. The van der Waals surface area contributed by atoms with Crippen molar-refractivity contribution >= 4 is 17.2 Å². The molecule has 1 aliphatic carbocycles. The summed E-state index contributed by atoms with van der Waals surface area (Å²) in [5.74, 6) is 1.12. The average molecular weight is 363 g/mol. The van der Waals surface area contributed by atoms with Crippen LogP contribution < -0.4 is 0 Å². The zero-order valence-corrected chi connectivity index (χ0v) is 15.9. The van der Waals surface area contributed by atoms with E-state index in [-0.39, 0.29) is 6.04 Å². The molecule has 138 valence electrons. The van der Waals surface area contributed by atoms with Gasteiger partial charge in [0.25, 0.3) is 0 Å².